The molecule has 1 heterocycles. The van der Waals surface area contributed by atoms with Crippen LogP contribution in [0.2, 0.25) is 0 Å². The van der Waals surface area contributed by atoms with E-state index < -0.39 is 11.6 Å². The maximum absolute atomic E-state index is 13.5. The first-order valence-corrected chi connectivity index (χ1v) is 8.51. The number of imidazole rings is 1. The molecule has 0 radical (unpaired) electrons. The molecular formula is C21H15F2N3O2. The lowest BCUT2D eigenvalue weighted by Gasteiger charge is -2.10. The van der Waals surface area contributed by atoms with Gasteiger partial charge in [0, 0.05) is 23.9 Å². The molecule has 1 N–H and O–H groups in total. The van der Waals surface area contributed by atoms with E-state index in [1.165, 1.54) is 10.9 Å². The quantitative estimate of drug-likeness (QED) is 0.545. The molecule has 4 rings (SSSR count). The van der Waals surface area contributed by atoms with Gasteiger partial charge in [-0.2, -0.15) is 0 Å². The number of anilines is 1. The van der Waals surface area contributed by atoms with Gasteiger partial charge in [-0.15, -0.1) is 0 Å². The van der Waals surface area contributed by atoms with Gasteiger partial charge in [0.2, 0.25) is 5.91 Å². The van der Waals surface area contributed by atoms with E-state index >= 15 is 0 Å². The summed E-state index contributed by atoms with van der Waals surface area (Å²) in [5.41, 5.74) is 1.18. The van der Waals surface area contributed by atoms with E-state index in [1.807, 2.05) is 30.3 Å². The van der Waals surface area contributed by atoms with E-state index in [-0.39, 0.29) is 18.0 Å². The van der Waals surface area contributed by atoms with Crippen LogP contribution in [-0.4, -0.2) is 15.5 Å². The van der Waals surface area contributed by atoms with E-state index in [0.29, 0.717) is 22.7 Å². The van der Waals surface area contributed by atoms with E-state index in [4.69, 9.17) is 4.74 Å². The van der Waals surface area contributed by atoms with Crippen LogP contribution in [0.25, 0.3) is 11.0 Å². The van der Waals surface area contributed by atoms with Crippen LogP contribution in [0, 0.1) is 11.6 Å². The Bertz CT molecular complexity index is 1140. The van der Waals surface area contributed by atoms with E-state index in [2.05, 4.69) is 10.3 Å². The highest BCUT2D eigenvalue weighted by Crippen LogP contribution is 2.24. The van der Waals surface area contributed by atoms with Crippen molar-refractivity contribution >= 4 is 22.6 Å². The summed E-state index contributed by atoms with van der Waals surface area (Å²) in [5, 5.41) is 2.76. The lowest BCUT2D eigenvalue weighted by atomic mass is 10.3. The number of carbonyl (C=O) groups is 1. The van der Waals surface area contributed by atoms with Crippen molar-refractivity contribution in [3.63, 3.8) is 0 Å². The molecule has 5 nitrogen and oxygen atoms in total. The molecule has 0 aliphatic heterocycles. The van der Waals surface area contributed by atoms with Crippen LogP contribution in [0.1, 0.15) is 0 Å². The number of carbonyl (C=O) groups excluding carboxylic acids is 1. The Balaban J connectivity index is 1.47. The number of amides is 1. The highest BCUT2D eigenvalue weighted by atomic mass is 19.2. The van der Waals surface area contributed by atoms with Crippen LogP contribution in [-0.2, 0) is 11.3 Å². The summed E-state index contributed by atoms with van der Waals surface area (Å²) in [5.74, 6) is -1.03. The van der Waals surface area contributed by atoms with Crippen molar-refractivity contribution < 1.29 is 18.3 Å². The van der Waals surface area contributed by atoms with Crippen LogP contribution in [0.3, 0.4) is 0 Å². The Morgan fingerprint density at radius 3 is 2.54 bits per heavy atom. The van der Waals surface area contributed by atoms with Crippen molar-refractivity contribution in [2.45, 2.75) is 6.54 Å². The number of rotatable bonds is 5. The Morgan fingerprint density at radius 1 is 0.964 bits per heavy atom. The second kappa shape index (κ2) is 7.48. The summed E-state index contributed by atoms with van der Waals surface area (Å²) < 4.78 is 34.0. The molecule has 0 spiro atoms. The molecule has 0 aliphatic rings. The number of nitrogens with zero attached hydrogens (tertiary/aromatic N) is 2. The minimum atomic E-state index is -0.986. The first-order chi connectivity index (χ1) is 13.6. The van der Waals surface area contributed by atoms with Crippen LogP contribution < -0.4 is 10.1 Å². The third-order valence-corrected chi connectivity index (χ3v) is 4.07. The van der Waals surface area contributed by atoms with Crippen molar-refractivity contribution in [2.75, 3.05) is 5.32 Å². The zero-order valence-electron chi connectivity index (χ0n) is 14.6. The average Bonchev–Trinajstić information content (AvgIpc) is 3.04. The number of fused-ring (bicyclic) bond motifs is 1. The molecule has 0 unspecified atom stereocenters. The van der Waals surface area contributed by atoms with E-state index in [0.717, 1.165) is 12.1 Å². The molecule has 0 fully saturated rings. The number of aromatic nitrogens is 2. The summed E-state index contributed by atoms with van der Waals surface area (Å²) in [4.78, 5) is 16.4. The summed E-state index contributed by atoms with van der Waals surface area (Å²) in [6.45, 7) is -0.0919. The zero-order valence-corrected chi connectivity index (χ0v) is 14.6. The van der Waals surface area contributed by atoms with Gasteiger partial charge in [0.25, 0.3) is 0 Å². The SMILES string of the molecule is O=C(Cn1cnc2cc(F)c(F)cc21)Nc1cccc(Oc2ccccc2)c1. The van der Waals surface area contributed by atoms with Crippen molar-refractivity contribution in [3.05, 3.63) is 84.7 Å². The normalized spacial score (nSPS) is 10.8. The Kier molecular flexibility index (Phi) is 4.72. The largest absolute Gasteiger partial charge is 0.457 e. The van der Waals surface area contributed by atoms with Gasteiger partial charge in [-0.3, -0.25) is 4.79 Å². The number of halogens is 2. The highest BCUT2D eigenvalue weighted by molar-refractivity contribution is 5.91. The highest BCUT2D eigenvalue weighted by Gasteiger charge is 2.12. The molecule has 28 heavy (non-hydrogen) atoms. The molecule has 1 amide bonds. The number of benzene rings is 3. The number of para-hydroxylation sites is 1. The topological polar surface area (TPSA) is 56.2 Å². The van der Waals surface area contributed by atoms with Crippen LogP contribution in [0.5, 0.6) is 11.5 Å². The lowest BCUT2D eigenvalue weighted by molar-refractivity contribution is -0.116. The molecule has 4 aromatic rings. The number of ether oxygens (including phenoxy) is 1. The third kappa shape index (κ3) is 3.83. The first-order valence-electron chi connectivity index (χ1n) is 8.51. The van der Waals surface area contributed by atoms with Gasteiger partial charge in [-0.05, 0) is 24.3 Å². The Labute approximate surface area is 159 Å². The summed E-state index contributed by atoms with van der Waals surface area (Å²) in [6.07, 6.45) is 1.37. The maximum atomic E-state index is 13.5. The van der Waals surface area contributed by atoms with Gasteiger partial charge in [0.1, 0.15) is 18.0 Å². The van der Waals surface area contributed by atoms with Gasteiger partial charge >= 0.3 is 0 Å². The van der Waals surface area contributed by atoms with Crippen LogP contribution >= 0.6 is 0 Å². The molecule has 7 heteroatoms. The lowest BCUT2D eigenvalue weighted by Crippen LogP contribution is -2.18. The number of hydrogen-bond donors (Lipinski definition) is 1. The second-order valence-electron chi connectivity index (χ2n) is 6.12. The van der Waals surface area contributed by atoms with Gasteiger partial charge in [0.15, 0.2) is 11.6 Å². The van der Waals surface area contributed by atoms with E-state index in [9.17, 15) is 13.6 Å². The van der Waals surface area contributed by atoms with Gasteiger partial charge < -0.3 is 14.6 Å². The molecule has 140 valence electrons. The molecular weight excluding hydrogens is 364 g/mol. The molecule has 1 aromatic heterocycles. The van der Waals surface area contributed by atoms with Crippen molar-refractivity contribution in [1.82, 2.24) is 9.55 Å². The predicted octanol–water partition coefficient (Wildman–Crippen LogP) is 4.75. The van der Waals surface area contributed by atoms with Gasteiger partial charge in [0.05, 0.1) is 17.4 Å². The van der Waals surface area contributed by atoms with Crippen molar-refractivity contribution in [2.24, 2.45) is 0 Å². The second-order valence-corrected chi connectivity index (χ2v) is 6.12. The van der Waals surface area contributed by atoms with E-state index in [1.54, 1.807) is 24.3 Å². The Morgan fingerprint density at radius 2 is 1.71 bits per heavy atom. The average molecular weight is 379 g/mol. The molecule has 0 bridgehead atoms. The van der Waals surface area contributed by atoms with Crippen LogP contribution in [0.15, 0.2) is 73.1 Å². The fourth-order valence-electron chi connectivity index (χ4n) is 2.80. The van der Waals surface area contributed by atoms with Gasteiger partial charge in [-0.25, -0.2) is 13.8 Å². The molecule has 3 aromatic carbocycles. The van der Waals surface area contributed by atoms with Gasteiger partial charge in [-0.1, -0.05) is 24.3 Å². The molecule has 0 atom stereocenters. The molecule has 0 aliphatic carbocycles. The first kappa shape index (κ1) is 17.7. The fraction of sp³-hybridized carbons (Fsp3) is 0.0476. The van der Waals surface area contributed by atoms with Crippen molar-refractivity contribution in [1.29, 1.82) is 0 Å². The summed E-state index contributed by atoms with van der Waals surface area (Å²) in [7, 11) is 0. The Hall–Kier alpha value is -3.74. The number of nitrogens with one attached hydrogen (secondary N) is 1. The minimum Gasteiger partial charge on any atom is -0.457 e. The third-order valence-electron chi connectivity index (χ3n) is 4.07. The maximum Gasteiger partial charge on any atom is 0.244 e. The van der Waals surface area contributed by atoms with Crippen LogP contribution in [0.4, 0.5) is 14.5 Å². The fourth-order valence-corrected chi connectivity index (χ4v) is 2.80. The summed E-state index contributed by atoms with van der Waals surface area (Å²) in [6, 6.07) is 18.3. The molecule has 0 saturated heterocycles. The monoisotopic (exact) mass is 379 g/mol. The minimum absolute atomic E-state index is 0.0919. The standard InChI is InChI=1S/C21H15F2N3O2/c22-17-10-19-20(11-18(17)23)26(13-24-19)12-21(27)25-14-5-4-8-16(9-14)28-15-6-2-1-3-7-15/h1-11,13H,12H2,(H,25,27). The zero-order chi connectivity index (χ0) is 19.5. The summed E-state index contributed by atoms with van der Waals surface area (Å²) >= 11 is 0. The smallest absolute Gasteiger partial charge is 0.244 e. The number of hydrogen-bond acceptors (Lipinski definition) is 3. The predicted molar refractivity (Wildman–Crippen MR) is 101 cm³/mol. The molecule has 0 saturated carbocycles. The van der Waals surface area contributed by atoms with Crippen molar-refractivity contribution in [3.8, 4) is 11.5 Å².